The number of aryl methyl sites for hydroxylation is 2. The van der Waals surface area contributed by atoms with Crippen LogP contribution >= 0.6 is 0 Å². The predicted octanol–water partition coefficient (Wildman–Crippen LogP) is 11.5. The molecular formula is C47H51N3OPd. The van der Waals surface area contributed by atoms with Crippen molar-refractivity contribution in [2.75, 3.05) is 0 Å². The Balaban J connectivity index is 0.00000523. The van der Waals surface area contributed by atoms with E-state index in [1.165, 1.54) is 11.1 Å². The number of benzene rings is 4. The average Bonchev–Trinajstić information content (AvgIpc) is 3.42. The molecule has 0 radical (unpaired) electrons. The summed E-state index contributed by atoms with van der Waals surface area (Å²) in [7, 11) is 0. The van der Waals surface area contributed by atoms with Gasteiger partial charge in [0.2, 0.25) is 0 Å². The van der Waals surface area contributed by atoms with Crippen molar-refractivity contribution in [3.63, 3.8) is 0 Å². The molecule has 0 atom stereocenters. The number of ether oxygens (including phenoxy) is 1. The fourth-order valence-corrected chi connectivity index (χ4v) is 6.78. The van der Waals surface area contributed by atoms with E-state index in [0.717, 1.165) is 45.0 Å². The van der Waals surface area contributed by atoms with E-state index in [4.69, 9.17) is 9.72 Å². The zero-order valence-corrected chi connectivity index (χ0v) is 34.0. The first-order valence-corrected chi connectivity index (χ1v) is 17.9. The normalized spacial score (nSPS) is 12.4. The topological polar surface area (TPSA) is 39.9 Å². The van der Waals surface area contributed by atoms with Crippen LogP contribution < -0.4 is 4.74 Å². The molecular weight excluding hydrogens is 729 g/mol. The molecule has 2 aromatic heterocycles. The molecule has 52 heavy (non-hydrogen) atoms. The fourth-order valence-electron chi connectivity index (χ4n) is 6.78. The molecule has 270 valence electrons. The largest absolute Gasteiger partial charge is 2.00 e. The van der Waals surface area contributed by atoms with E-state index in [2.05, 4.69) is 165 Å². The minimum absolute atomic E-state index is 0. The number of nitrogens with zero attached hydrogens (tertiary/aromatic N) is 3. The van der Waals surface area contributed by atoms with Gasteiger partial charge >= 0.3 is 20.4 Å². The van der Waals surface area contributed by atoms with Gasteiger partial charge in [-0.1, -0.05) is 117 Å². The van der Waals surface area contributed by atoms with E-state index in [1.54, 1.807) is 0 Å². The first kappa shape index (κ1) is 38.9. The summed E-state index contributed by atoms with van der Waals surface area (Å²) in [4.78, 5) is 5.15. The van der Waals surface area contributed by atoms with Gasteiger partial charge in [0.1, 0.15) is 0 Å². The Morgan fingerprint density at radius 1 is 0.558 bits per heavy atom. The van der Waals surface area contributed by atoms with Crippen LogP contribution in [-0.2, 0) is 42.1 Å². The van der Waals surface area contributed by atoms with E-state index >= 15 is 0 Å². The summed E-state index contributed by atoms with van der Waals surface area (Å²) in [5.74, 6) is 1.22. The van der Waals surface area contributed by atoms with Crippen LogP contribution in [-0.4, -0.2) is 14.8 Å². The van der Waals surface area contributed by atoms with E-state index in [0.29, 0.717) is 11.5 Å². The van der Waals surface area contributed by atoms with Crippen molar-refractivity contribution in [2.45, 2.75) is 97.8 Å². The molecule has 6 rings (SSSR count). The molecule has 0 aliphatic heterocycles. The molecule has 4 aromatic carbocycles. The Bertz CT molecular complexity index is 2100. The molecule has 5 heteroatoms. The molecule has 0 bridgehead atoms. The smallest absolute Gasteiger partial charge is 0.509 e. The summed E-state index contributed by atoms with van der Waals surface area (Å²) in [5, 5.41) is 4.69. The maximum atomic E-state index is 6.75. The van der Waals surface area contributed by atoms with Gasteiger partial charge in [0.05, 0.1) is 16.8 Å². The average molecular weight is 780 g/mol. The first-order valence-electron chi connectivity index (χ1n) is 17.9. The molecule has 4 nitrogen and oxygen atoms in total. The number of aromatic nitrogens is 3. The van der Waals surface area contributed by atoms with Crippen LogP contribution in [0.5, 0.6) is 11.5 Å². The van der Waals surface area contributed by atoms with E-state index in [1.807, 2.05) is 42.1 Å². The summed E-state index contributed by atoms with van der Waals surface area (Å²) >= 11 is 0. The molecule has 0 N–H and O–H groups in total. The predicted molar refractivity (Wildman–Crippen MR) is 209 cm³/mol. The Morgan fingerprint density at radius 2 is 1.13 bits per heavy atom. The van der Waals surface area contributed by atoms with Gasteiger partial charge < -0.3 is 4.74 Å². The van der Waals surface area contributed by atoms with E-state index in [9.17, 15) is 0 Å². The number of hydrogen-bond acceptors (Lipinski definition) is 3. The third-order valence-electron chi connectivity index (χ3n) is 9.70. The molecule has 0 spiro atoms. The Morgan fingerprint density at radius 3 is 1.65 bits per heavy atom. The van der Waals surface area contributed by atoms with Gasteiger partial charge in [-0.25, -0.2) is 0 Å². The van der Waals surface area contributed by atoms with Crippen molar-refractivity contribution in [1.29, 1.82) is 0 Å². The quantitative estimate of drug-likeness (QED) is 0.0920. The summed E-state index contributed by atoms with van der Waals surface area (Å²) in [5.41, 5.74) is 9.50. The Labute approximate surface area is 325 Å². The van der Waals surface area contributed by atoms with Crippen LogP contribution in [0.2, 0.25) is 0 Å². The van der Waals surface area contributed by atoms with Gasteiger partial charge in [0, 0.05) is 23.4 Å². The van der Waals surface area contributed by atoms with Crippen LogP contribution in [0.1, 0.15) is 113 Å². The van der Waals surface area contributed by atoms with Gasteiger partial charge in [-0.2, -0.15) is 17.2 Å². The van der Waals surface area contributed by atoms with Gasteiger partial charge in [-0.05, 0) is 76.2 Å². The standard InChI is InChI=1S/C47H51N3O.Pd/c1-32-25-33(2)50(49-32)40-21-16-22-41(31-40)51-42-29-38(46(9,10)11)28-39(30-42)47(43-23-12-13-24-48-43,36-19-14-17-34(26-36)44(3,4)5)37-20-15-18-35(27-37)45(6,7)8;/h12-29H,1-11H3;/q-2;+2. The summed E-state index contributed by atoms with van der Waals surface area (Å²) in [6, 6.07) is 44.0. The summed E-state index contributed by atoms with van der Waals surface area (Å²) in [6.07, 6.45) is 1.90. The van der Waals surface area contributed by atoms with Crippen molar-refractivity contribution < 1.29 is 25.2 Å². The van der Waals surface area contributed by atoms with Crippen molar-refractivity contribution >= 4 is 0 Å². The summed E-state index contributed by atoms with van der Waals surface area (Å²) < 4.78 is 8.65. The van der Waals surface area contributed by atoms with Crippen molar-refractivity contribution in [3.05, 3.63) is 172 Å². The summed E-state index contributed by atoms with van der Waals surface area (Å²) in [6.45, 7) is 24.4. The van der Waals surface area contributed by atoms with Crippen LogP contribution in [0.4, 0.5) is 0 Å². The monoisotopic (exact) mass is 779 g/mol. The van der Waals surface area contributed by atoms with Gasteiger partial charge in [0.15, 0.2) is 0 Å². The zero-order valence-electron chi connectivity index (χ0n) is 32.5. The number of rotatable bonds is 7. The van der Waals surface area contributed by atoms with Gasteiger partial charge in [-0.3, -0.25) is 9.67 Å². The molecule has 0 unspecified atom stereocenters. The van der Waals surface area contributed by atoms with Crippen molar-refractivity contribution in [1.82, 2.24) is 14.8 Å². The molecule has 0 aliphatic rings. The molecule has 0 amide bonds. The third kappa shape index (κ3) is 7.87. The molecule has 0 saturated heterocycles. The van der Waals surface area contributed by atoms with Crippen molar-refractivity contribution in [3.8, 4) is 17.2 Å². The second kappa shape index (κ2) is 14.6. The van der Waals surface area contributed by atoms with E-state index in [-0.39, 0.29) is 36.7 Å². The minimum atomic E-state index is -0.821. The fraction of sp³-hybridized carbons (Fsp3) is 0.319. The molecule has 0 aliphatic carbocycles. The maximum Gasteiger partial charge on any atom is 2.00 e. The molecule has 0 saturated carbocycles. The molecule has 0 fully saturated rings. The van der Waals surface area contributed by atoms with Gasteiger partial charge in [-0.15, -0.1) is 41.5 Å². The number of hydrogen-bond donors (Lipinski definition) is 0. The zero-order chi connectivity index (χ0) is 36.8. The van der Waals surface area contributed by atoms with E-state index < -0.39 is 5.41 Å². The van der Waals surface area contributed by atoms with Crippen molar-refractivity contribution in [2.24, 2.45) is 0 Å². The first-order chi connectivity index (χ1) is 24.0. The van der Waals surface area contributed by atoms with Crippen LogP contribution in [0, 0.1) is 26.0 Å². The van der Waals surface area contributed by atoms with Crippen LogP contribution in [0.3, 0.4) is 0 Å². The Kier molecular flexibility index (Phi) is 10.9. The second-order valence-electron chi connectivity index (χ2n) is 16.9. The maximum absolute atomic E-state index is 6.75. The minimum Gasteiger partial charge on any atom is -0.509 e. The molecule has 6 aromatic rings. The Hall–Kier alpha value is -4.30. The van der Waals surface area contributed by atoms with Crippen LogP contribution in [0.15, 0.2) is 109 Å². The molecule has 2 heterocycles. The van der Waals surface area contributed by atoms with Gasteiger partial charge in [0.25, 0.3) is 0 Å². The second-order valence-corrected chi connectivity index (χ2v) is 16.9. The van der Waals surface area contributed by atoms with Crippen LogP contribution in [0.25, 0.3) is 5.69 Å². The number of pyridine rings is 1. The SMILES string of the molecule is Cc1cc(C)n(-c2[c-]c(Oc3[c-]c(C(c4cccc(C(C)(C)C)c4)(c4cccc(C(C)(C)C)c4)c4ccccn4)cc(C(C)(C)C)c3)ccc2)n1.[Pd+2]. The third-order valence-corrected chi connectivity index (χ3v) is 9.70.